The minimum absolute atomic E-state index is 0.387. The van der Waals surface area contributed by atoms with Crippen LogP contribution in [0.3, 0.4) is 0 Å². The van der Waals surface area contributed by atoms with E-state index in [1.54, 1.807) is 36.4 Å². The molecule has 0 aromatic heterocycles. The zero-order valence-corrected chi connectivity index (χ0v) is 12.0. The van der Waals surface area contributed by atoms with Crippen LogP contribution in [0.25, 0.3) is 0 Å². The highest BCUT2D eigenvalue weighted by molar-refractivity contribution is 5.91. The van der Waals surface area contributed by atoms with Gasteiger partial charge in [0, 0.05) is 6.61 Å². The lowest BCUT2D eigenvalue weighted by molar-refractivity contribution is 0.0734. The summed E-state index contributed by atoms with van der Waals surface area (Å²) < 4.78 is 15.9. The summed E-state index contributed by atoms with van der Waals surface area (Å²) in [5, 5.41) is 0. The molecule has 0 radical (unpaired) electrons. The number of esters is 1. The first kappa shape index (κ1) is 15.1. The van der Waals surface area contributed by atoms with Gasteiger partial charge < -0.3 is 14.2 Å². The summed E-state index contributed by atoms with van der Waals surface area (Å²) in [6.07, 6.45) is 0. The fraction of sp³-hybridized carbons (Fsp3) is 0.235. The van der Waals surface area contributed by atoms with Gasteiger partial charge in [-0.15, -0.1) is 0 Å². The summed E-state index contributed by atoms with van der Waals surface area (Å²) in [6, 6.07) is 15.8. The summed E-state index contributed by atoms with van der Waals surface area (Å²) in [5.74, 6) is 0.840. The fourth-order valence-electron chi connectivity index (χ4n) is 1.70. The van der Waals surface area contributed by atoms with Crippen molar-refractivity contribution in [2.24, 2.45) is 0 Å². The average molecular weight is 286 g/mol. The Morgan fingerprint density at radius 1 is 0.905 bits per heavy atom. The molecule has 2 rings (SSSR count). The molecule has 21 heavy (non-hydrogen) atoms. The third-order valence-corrected chi connectivity index (χ3v) is 2.74. The van der Waals surface area contributed by atoms with E-state index in [2.05, 4.69) is 0 Å². The highest BCUT2D eigenvalue weighted by Crippen LogP contribution is 2.15. The maximum atomic E-state index is 11.9. The molecular formula is C17H18O4. The minimum atomic E-state index is -0.387. The van der Waals surface area contributed by atoms with Crippen LogP contribution < -0.4 is 9.47 Å². The molecule has 0 aliphatic heterocycles. The molecule has 2 aromatic rings. The van der Waals surface area contributed by atoms with Crippen LogP contribution in [0.15, 0.2) is 54.6 Å². The normalized spacial score (nSPS) is 10.1. The van der Waals surface area contributed by atoms with Gasteiger partial charge in [0.05, 0.1) is 12.2 Å². The van der Waals surface area contributed by atoms with Crippen LogP contribution in [-0.2, 0) is 4.74 Å². The lowest BCUT2D eigenvalue weighted by Gasteiger charge is -2.07. The zero-order chi connectivity index (χ0) is 14.9. The van der Waals surface area contributed by atoms with Crippen molar-refractivity contribution in [3.05, 3.63) is 60.2 Å². The molecule has 0 unspecified atom stereocenters. The van der Waals surface area contributed by atoms with E-state index < -0.39 is 0 Å². The molecule has 0 N–H and O–H groups in total. The second kappa shape index (κ2) is 8.07. The molecule has 0 saturated carbocycles. The van der Waals surface area contributed by atoms with Gasteiger partial charge in [-0.1, -0.05) is 18.2 Å². The number of para-hydroxylation sites is 1. The van der Waals surface area contributed by atoms with Gasteiger partial charge in [0.1, 0.15) is 18.1 Å². The summed E-state index contributed by atoms with van der Waals surface area (Å²) in [4.78, 5) is 11.9. The lowest BCUT2D eigenvalue weighted by Crippen LogP contribution is -2.09. The van der Waals surface area contributed by atoms with Gasteiger partial charge in [-0.3, -0.25) is 0 Å². The first-order chi connectivity index (χ1) is 10.3. The number of carbonyl (C=O) groups is 1. The summed E-state index contributed by atoms with van der Waals surface area (Å²) in [6.45, 7) is 3.65. The Balaban J connectivity index is 1.88. The number of hydrogen-bond acceptors (Lipinski definition) is 4. The van der Waals surface area contributed by atoms with Crippen LogP contribution in [0.4, 0.5) is 0 Å². The van der Waals surface area contributed by atoms with Crippen molar-refractivity contribution < 1.29 is 19.0 Å². The highest BCUT2D eigenvalue weighted by atomic mass is 16.5. The quantitative estimate of drug-likeness (QED) is 0.445. The van der Waals surface area contributed by atoms with Crippen molar-refractivity contribution in [1.29, 1.82) is 0 Å². The Bertz CT molecular complexity index is 549. The molecular weight excluding hydrogens is 268 g/mol. The van der Waals surface area contributed by atoms with Crippen LogP contribution in [0.1, 0.15) is 17.3 Å². The molecule has 0 atom stereocenters. The number of rotatable bonds is 7. The number of benzene rings is 2. The molecule has 0 aliphatic rings. The SMILES string of the molecule is CCOCCOc1ccc(C(=O)Oc2ccccc2)cc1. The van der Waals surface area contributed by atoms with Crippen LogP contribution in [-0.4, -0.2) is 25.8 Å². The van der Waals surface area contributed by atoms with Gasteiger partial charge in [0.15, 0.2) is 0 Å². The Kier molecular flexibility index (Phi) is 5.79. The monoisotopic (exact) mass is 286 g/mol. The van der Waals surface area contributed by atoms with E-state index in [1.165, 1.54) is 0 Å². The predicted molar refractivity (Wildman–Crippen MR) is 79.8 cm³/mol. The van der Waals surface area contributed by atoms with Gasteiger partial charge in [0.25, 0.3) is 0 Å². The van der Waals surface area contributed by atoms with Crippen molar-refractivity contribution >= 4 is 5.97 Å². The third kappa shape index (κ3) is 4.93. The Labute approximate surface area is 124 Å². The van der Waals surface area contributed by atoms with Crippen LogP contribution in [0, 0.1) is 0 Å². The molecule has 0 amide bonds. The number of carbonyl (C=O) groups excluding carboxylic acids is 1. The Hall–Kier alpha value is -2.33. The maximum absolute atomic E-state index is 11.9. The minimum Gasteiger partial charge on any atom is -0.491 e. The Morgan fingerprint density at radius 3 is 2.29 bits per heavy atom. The first-order valence-corrected chi connectivity index (χ1v) is 6.87. The topological polar surface area (TPSA) is 44.8 Å². The first-order valence-electron chi connectivity index (χ1n) is 6.87. The van der Waals surface area contributed by atoms with Crippen molar-refractivity contribution in [3.63, 3.8) is 0 Å². The second-order valence-corrected chi connectivity index (χ2v) is 4.27. The Morgan fingerprint density at radius 2 is 1.62 bits per heavy atom. The van der Waals surface area contributed by atoms with E-state index in [0.717, 1.165) is 0 Å². The number of hydrogen-bond donors (Lipinski definition) is 0. The molecule has 0 fully saturated rings. The smallest absolute Gasteiger partial charge is 0.343 e. The molecule has 0 aliphatic carbocycles. The molecule has 110 valence electrons. The van der Waals surface area contributed by atoms with Crippen LogP contribution in [0.2, 0.25) is 0 Å². The highest BCUT2D eigenvalue weighted by Gasteiger charge is 2.08. The number of ether oxygens (including phenoxy) is 3. The van der Waals surface area contributed by atoms with E-state index in [9.17, 15) is 4.79 Å². The summed E-state index contributed by atoms with van der Waals surface area (Å²) >= 11 is 0. The zero-order valence-electron chi connectivity index (χ0n) is 12.0. The molecule has 0 heterocycles. The molecule has 2 aromatic carbocycles. The molecule has 0 bridgehead atoms. The third-order valence-electron chi connectivity index (χ3n) is 2.74. The van der Waals surface area contributed by atoms with Crippen LogP contribution in [0.5, 0.6) is 11.5 Å². The summed E-state index contributed by atoms with van der Waals surface area (Å²) in [7, 11) is 0. The average Bonchev–Trinajstić information content (AvgIpc) is 2.53. The lowest BCUT2D eigenvalue weighted by atomic mass is 10.2. The van der Waals surface area contributed by atoms with Crippen molar-refractivity contribution in [2.75, 3.05) is 19.8 Å². The largest absolute Gasteiger partial charge is 0.491 e. The van der Waals surface area contributed by atoms with Gasteiger partial charge in [0.2, 0.25) is 0 Å². The molecule has 0 spiro atoms. The van der Waals surface area contributed by atoms with Crippen molar-refractivity contribution in [2.45, 2.75) is 6.92 Å². The van der Waals surface area contributed by atoms with Gasteiger partial charge in [-0.2, -0.15) is 0 Å². The van der Waals surface area contributed by atoms with E-state index in [4.69, 9.17) is 14.2 Å². The molecule has 4 nitrogen and oxygen atoms in total. The van der Waals surface area contributed by atoms with E-state index >= 15 is 0 Å². The van der Waals surface area contributed by atoms with Crippen molar-refractivity contribution in [1.82, 2.24) is 0 Å². The van der Waals surface area contributed by atoms with E-state index in [1.807, 2.05) is 25.1 Å². The van der Waals surface area contributed by atoms with Crippen LogP contribution >= 0.6 is 0 Å². The standard InChI is InChI=1S/C17H18O4/c1-2-19-12-13-20-15-10-8-14(9-11-15)17(18)21-16-6-4-3-5-7-16/h3-11H,2,12-13H2,1H3. The van der Waals surface area contributed by atoms with Crippen molar-refractivity contribution in [3.8, 4) is 11.5 Å². The maximum Gasteiger partial charge on any atom is 0.343 e. The van der Waals surface area contributed by atoms with Gasteiger partial charge in [-0.25, -0.2) is 4.79 Å². The van der Waals surface area contributed by atoms with E-state index in [-0.39, 0.29) is 5.97 Å². The van der Waals surface area contributed by atoms with Gasteiger partial charge >= 0.3 is 5.97 Å². The fourth-order valence-corrected chi connectivity index (χ4v) is 1.70. The second-order valence-electron chi connectivity index (χ2n) is 4.27. The molecule has 4 heteroatoms. The predicted octanol–water partition coefficient (Wildman–Crippen LogP) is 3.32. The van der Waals surface area contributed by atoms with E-state index in [0.29, 0.717) is 36.9 Å². The van der Waals surface area contributed by atoms with Gasteiger partial charge in [-0.05, 0) is 43.3 Å². The summed E-state index contributed by atoms with van der Waals surface area (Å²) in [5.41, 5.74) is 0.482. The molecule has 0 saturated heterocycles.